The summed E-state index contributed by atoms with van der Waals surface area (Å²) in [6, 6.07) is 17.0. The van der Waals surface area contributed by atoms with Crippen LogP contribution in [-0.2, 0) is 5.75 Å². The van der Waals surface area contributed by atoms with Gasteiger partial charge in [0.1, 0.15) is 5.75 Å². The van der Waals surface area contributed by atoms with Crippen LogP contribution < -0.4 is 10.1 Å². The van der Waals surface area contributed by atoms with Crippen molar-refractivity contribution >= 4 is 35.0 Å². The molecule has 0 radical (unpaired) electrons. The third-order valence-electron chi connectivity index (χ3n) is 3.50. The Hall–Kier alpha value is -2.57. The van der Waals surface area contributed by atoms with Gasteiger partial charge in [0.2, 0.25) is 0 Å². The highest BCUT2D eigenvalue weighted by Gasteiger charge is 2.15. The monoisotopic (exact) mass is 385 g/mol. The van der Waals surface area contributed by atoms with Gasteiger partial charge in [0, 0.05) is 11.4 Å². The first kappa shape index (κ1) is 18.2. The Balaban J connectivity index is 1.70. The van der Waals surface area contributed by atoms with Crippen LogP contribution in [0.1, 0.15) is 16.1 Å². The molecule has 7 heteroatoms. The fourth-order valence-electron chi connectivity index (χ4n) is 2.17. The van der Waals surface area contributed by atoms with E-state index in [0.717, 1.165) is 5.56 Å². The van der Waals surface area contributed by atoms with Gasteiger partial charge in [-0.05, 0) is 29.8 Å². The van der Waals surface area contributed by atoms with E-state index < -0.39 is 0 Å². The Morgan fingerprint density at radius 3 is 2.58 bits per heavy atom. The van der Waals surface area contributed by atoms with Crippen LogP contribution in [0.5, 0.6) is 5.75 Å². The molecule has 0 unspecified atom stereocenters. The Morgan fingerprint density at radius 2 is 1.88 bits per heavy atom. The van der Waals surface area contributed by atoms with Gasteiger partial charge in [-0.15, -0.1) is 0 Å². The van der Waals surface area contributed by atoms with E-state index in [2.05, 4.69) is 15.3 Å². The van der Waals surface area contributed by atoms with E-state index in [1.807, 2.05) is 30.3 Å². The number of carbonyl (C=O) groups is 1. The number of anilines is 1. The molecule has 0 saturated carbocycles. The zero-order chi connectivity index (χ0) is 18.4. The highest BCUT2D eigenvalue weighted by molar-refractivity contribution is 7.98. The number of carbonyl (C=O) groups excluding carboxylic acids is 1. The maximum absolute atomic E-state index is 12.5. The van der Waals surface area contributed by atoms with Crippen molar-refractivity contribution in [1.82, 2.24) is 9.97 Å². The SMILES string of the molecule is COc1ccc(NC(=O)c2nc(SCc3ccccc3)ncc2Cl)cc1. The standard InChI is InChI=1S/C19H16ClN3O2S/c1-25-15-9-7-14(8-10-15)22-18(24)17-16(20)11-21-19(23-17)26-12-13-5-3-2-4-6-13/h2-11H,12H2,1H3,(H,22,24). The van der Waals surface area contributed by atoms with Crippen molar-refractivity contribution in [2.75, 3.05) is 12.4 Å². The second-order valence-corrected chi connectivity index (χ2v) is 6.66. The van der Waals surface area contributed by atoms with Crippen LogP contribution >= 0.6 is 23.4 Å². The van der Waals surface area contributed by atoms with E-state index >= 15 is 0 Å². The minimum atomic E-state index is -0.385. The molecule has 0 saturated heterocycles. The molecular formula is C19H16ClN3O2S. The molecule has 5 nitrogen and oxygen atoms in total. The minimum absolute atomic E-state index is 0.146. The maximum Gasteiger partial charge on any atom is 0.275 e. The number of methoxy groups -OCH3 is 1. The fourth-order valence-corrected chi connectivity index (χ4v) is 3.11. The third-order valence-corrected chi connectivity index (χ3v) is 4.70. The normalized spacial score (nSPS) is 10.4. The number of ether oxygens (including phenoxy) is 1. The first-order valence-electron chi connectivity index (χ1n) is 7.80. The molecule has 1 heterocycles. The first-order chi connectivity index (χ1) is 12.7. The van der Waals surface area contributed by atoms with Crippen molar-refractivity contribution < 1.29 is 9.53 Å². The molecule has 1 aromatic heterocycles. The summed E-state index contributed by atoms with van der Waals surface area (Å²) in [5.74, 6) is 1.04. The number of nitrogens with one attached hydrogen (secondary N) is 1. The molecule has 26 heavy (non-hydrogen) atoms. The fraction of sp³-hybridized carbons (Fsp3) is 0.105. The van der Waals surface area contributed by atoms with Crippen LogP contribution in [0.3, 0.4) is 0 Å². The second kappa shape index (κ2) is 8.69. The number of aromatic nitrogens is 2. The Labute approximate surface area is 160 Å². The van der Waals surface area contributed by atoms with E-state index in [0.29, 0.717) is 22.3 Å². The lowest BCUT2D eigenvalue weighted by molar-refractivity contribution is 0.102. The number of hydrogen-bond donors (Lipinski definition) is 1. The zero-order valence-electron chi connectivity index (χ0n) is 14.0. The number of rotatable bonds is 6. The highest BCUT2D eigenvalue weighted by Crippen LogP contribution is 2.23. The van der Waals surface area contributed by atoms with Gasteiger partial charge in [-0.25, -0.2) is 9.97 Å². The van der Waals surface area contributed by atoms with Crippen LogP contribution in [0.25, 0.3) is 0 Å². The minimum Gasteiger partial charge on any atom is -0.497 e. The summed E-state index contributed by atoms with van der Waals surface area (Å²) in [4.78, 5) is 21.0. The number of thioether (sulfide) groups is 1. The van der Waals surface area contributed by atoms with Crippen LogP contribution in [0.4, 0.5) is 5.69 Å². The van der Waals surface area contributed by atoms with E-state index in [1.54, 1.807) is 31.4 Å². The predicted octanol–water partition coefficient (Wildman–Crippen LogP) is 4.68. The van der Waals surface area contributed by atoms with Crippen molar-refractivity contribution in [3.05, 3.63) is 77.1 Å². The predicted molar refractivity (Wildman–Crippen MR) is 104 cm³/mol. The molecule has 2 aromatic carbocycles. The molecule has 1 amide bonds. The van der Waals surface area contributed by atoms with E-state index in [9.17, 15) is 4.79 Å². The number of nitrogens with zero attached hydrogens (tertiary/aromatic N) is 2. The van der Waals surface area contributed by atoms with Crippen LogP contribution in [0.15, 0.2) is 66.0 Å². The summed E-state index contributed by atoms with van der Waals surface area (Å²) < 4.78 is 5.10. The largest absolute Gasteiger partial charge is 0.497 e. The van der Waals surface area contributed by atoms with E-state index in [-0.39, 0.29) is 16.6 Å². The Kier molecular flexibility index (Phi) is 6.09. The van der Waals surface area contributed by atoms with Gasteiger partial charge in [-0.1, -0.05) is 53.7 Å². The Bertz CT molecular complexity index is 889. The molecule has 3 aromatic rings. The molecule has 0 spiro atoms. The van der Waals surface area contributed by atoms with Gasteiger partial charge in [0.15, 0.2) is 10.9 Å². The molecule has 1 N–H and O–H groups in total. The summed E-state index contributed by atoms with van der Waals surface area (Å²) >= 11 is 7.55. The quantitative estimate of drug-likeness (QED) is 0.493. The Morgan fingerprint density at radius 1 is 1.15 bits per heavy atom. The average Bonchev–Trinajstić information content (AvgIpc) is 2.68. The van der Waals surface area contributed by atoms with Crippen molar-refractivity contribution in [2.24, 2.45) is 0 Å². The summed E-state index contributed by atoms with van der Waals surface area (Å²) in [6.07, 6.45) is 1.45. The third kappa shape index (κ3) is 4.74. The van der Waals surface area contributed by atoms with Gasteiger partial charge in [-0.2, -0.15) is 0 Å². The molecule has 0 fully saturated rings. The van der Waals surface area contributed by atoms with E-state index in [4.69, 9.17) is 16.3 Å². The topological polar surface area (TPSA) is 64.1 Å². The van der Waals surface area contributed by atoms with Crippen molar-refractivity contribution in [2.45, 2.75) is 10.9 Å². The van der Waals surface area contributed by atoms with Crippen molar-refractivity contribution in [3.63, 3.8) is 0 Å². The van der Waals surface area contributed by atoms with Crippen molar-refractivity contribution in [3.8, 4) is 5.75 Å². The molecule has 0 aliphatic rings. The number of benzene rings is 2. The second-order valence-electron chi connectivity index (χ2n) is 5.31. The molecule has 132 valence electrons. The lowest BCUT2D eigenvalue weighted by Gasteiger charge is -2.08. The van der Waals surface area contributed by atoms with Crippen LogP contribution in [0.2, 0.25) is 5.02 Å². The smallest absolute Gasteiger partial charge is 0.275 e. The summed E-state index contributed by atoms with van der Waals surface area (Å²) in [7, 11) is 1.59. The molecule has 0 aliphatic carbocycles. The molecule has 0 bridgehead atoms. The molecule has 3 rings (SSSR count). The molecular weight excluding hydrogens is 370 g/mol. The zero-order valence-corrected chi connectivity index (χ0v) is 15.6. The summed E-state index contributed by atoms with van der Waals surface area (Å²) in [6.45, 7) is 0. The number of hydrogen-bond acceptors (Lipinski definition) is 5. The number of amides is 1. The first-order valence-corrected chi connectivity index (χ1v) is 9.17. The molecule has 0 atom stereocenters. The van der Waals surface area contributed by atoms with Crippen molar-refractivity contribution in [1.29, 1.82) is 0 Å². The molecule has 0 aliphatic heterocycles. The van der Waals surface area contributed by atoms with Gasteiger partial charge in [0.25, 0.3) is 5.91 Å². The summed E-state index contributed by atoms with van der Waals surface area (Å²) in [5, 5.41) is 3.48. The van der Waals surface area contributed by atoms with E-state index in [1.165, 1.54) is 18.0 Å². The highest BCUT2D eigenvalue weighted by atomic mass is 35.5. The van der Waals surface area contributed by atoms with Gasteiger partial charge in [0.05, 0.1) is 18.3 Å². The van der Waals surface area contributed by atoms with Crippen LogP contribution in [-0.4, -0.2) is 23.0 Å². The van der Waals surface area contributed by atoms with Gasteiger partial charge < -0.3 is 10.1 Å². The maximum atomic E-state index is 12.5. The summed E-state index contributed by atoms with van der Waals surface area (Å²) in [5.41, 5.74) is 1.93. The average molecular weight is 386 g/mol. The van der Waals surface area contributed by atoms with Gasteiger partial charge >= 0.3 is 0 Å². The lowest BCUT2D eigenvalue weighted by atomic mass is 10.2. The van der Waals surface area contributed by atoms with Gasteiger partial charge in [-0.3, -0.25) is 4.79 Å². The number of halogens is 1. The van der Waals surface area contributed by atoms with Crippen LogP contribution in [0, 0.1) is 0 Å². The lowest BCUT2D eigenvalue weighted by Crippen LogP contribution is -2.15.